The Balaban J connectivity index is 1.62. The van der Waals surface area contributed by atoms with Gasteiger partial charge in [-0.15, -0.1) is 0 Å². The van der Waals surface area contributed by atoms with Crippen LogP contribution in [0.1, 0.15) is 53.8 Å². The van der Waals surface area contributed by atoms with Crippen molar-refractivity contribution in [2.75, 3.05) is 5.73 Å². The van der Waals surface area contributed by atoms with Gasteiger partial charge in [0.2, 0.25) is 0 Å². The van der Waals surface area contributed by atoms with Crippen LogP contribution in [-0.2, 0) is 20.0 Å². The highest BCUT2D eigenvalue weighted by Gasteiger charge is 2.28. The summed E-state index contributed by atoms with van der Waals surface area (Å²) in [6, 6.07) is 8.51. The van der Waals surface area contributed by atoms with Gasteiger partial charge in [0.25, 0.3) is 0 Å². The first-order valence-corrected chi connectivity index (χ1v) is 12.0. The zero-order valence-corrected chi connectivity index (χ0v) is 20.2. The Morgan fingerprint density at radius 3 is 2.76 bits per heavy atom. The van der Waals surface area contributed by atoms with E-state index in [4.69, 9.17) is 20.7 Å². The molecule has 0 saturated heterocycles. The number of hydrogen-bond donors (Lipinski definition) is 1. The zero-order valence-electron chi connectivity index (χ0n) is 20.2. The Bertz CT molecular complexity index is 1410. The molecule has 0 amide bonds. The molecule has 1 aromatic carbocycles. The summed E-state index contributed by atoms with van der Waals surface area (Å²) in [4.78, 5) is 4.52. The Labute approximate surface area is 199 Å². The number of nitrogen functional groups attached to an aromatic ring is 1. The highest BCUT2D eigenvalue weighted by molar-refractivity contribution is 5.72. The summed E-state index contributed by atoms with van der Waals surface area (Å²) in [5, 5.41) is 9.88. The second kappa shape index (κ2) is 7.72. The van der Waals surface area contributed by atoms with E-state index in [1.807, 2.05) is 24.0 Å². The van der Waals surface area contributed by atoms with Crippen LogP contribution in [0.4, 0.5) is 5.82 Å². The molecule has 6 rings (SSSR count). The van der Waals surface area contributed by atoms with Gasteiger partial charge in [-0.3, -0.25) is 9.36 Å². The maximum absolute atomic E-state index is 6.46. The molecule has 4 aromatic rings. The van der Waals surface area contributed by atoms with Crippen LogP contribution in [0.3, 0.4) is 0 Å². The first-order valence-electron chi connectivity index (χ1n) is 12.0. The minimum absolute atomic E-state index is 0.221. The number of aromatic nitrogens is 5. The quantitative estimate of drug-likeness (QED) is 0.461. The average Bonchev–Trinajstić information content (AvgIpc) is 3.46. The predicted octanol–water partition coefficient (Wildman–Crippen LogP) is 5.00. The molecule has 174 valence electrons. The number of aryl methyl sites for hydroxylation is 3. The van der Waals surface area contributed by atoms with Crippen LogP contribution >= 0.6 is 0 Å². The molecule has 34 heavy (non-hydrogen) atoms. The summed E-state index contributed by atoms with van der Waals surface area (Å²) in [6.45, 7) is 7.19. The van der Waals surface area contributed by atoms with Gasteiger partial charge in [0.15, 0.2) is 11.6 Å². The lowest BCUT2D eigenvalue weighted by Gasteiger charge is -2.21. The Morgan fingerprint density at radius 2 is 1.97 bits per heavy atom. The van der Waals surface area contributed by atoms with E-state index in [1.165, 1.54) is 29.5 Å². The van der Waals surface area contributed by atoms with Gasteiger partial charge in [0.1, 0.15) is 6.10 Å². The molecule has 1 saturated carbocycles. The number of pyridine rings is 1. The molecule has 7 heteroatoms. The van der Waals surface area contributed by atoms with Gasteiger partial charge in [0, 0.05) is 60.2 Å². The number of benzene rings is 1. The van der Waals surface area contributed by atoms with Crippen LogP contribution in [0, 0.1) is 19.8 Å². The molecule has 0 spiro atoms. The number of hydrogen-bond acceptors (Lipinski definition) is 5. The van der Waals surface area contributed by atoms with E-state index in [2.05, 4.69) is 54.8 Å². The van der Waals surface area contributed by atoms with Crippen molar-refractivity contribution in [2.24, 2.45) is 13.0 Å². The molecule has 1 aliphatic heterocycles. The van der Waals surface area contributed by atoms with Gasteiger partial charge in [-0.05, 0) is 45.6 Å². The fourth-order valence-electron chi connectivity index (χ4n) is 5.08. The van der Waals surface area contributed by atoms with E-state index in [0.717, 1.165) is 46.7 Å². The first kappa shape index (κ1) is 21.0. The predicted molar refractivity (Wildman–Crippen MR) is 133 cm³/mol. The van der Waals surface area contributed by atoms with Crippen molar-refractivity contribution in [3.05, 3.63) is 64.6 Å². The van der Waals surface area contributed by atoms with Crippen LogP contribution in [0.5, 0.6) is 5.75 Å². The minimum Gasteiger partial charge on any atom is -0.482 e. The largest absolute Gasteiger partial charge is 0.482 e. The van der Waals surface area contributed by atoms with Gasteiger partial charge in [0.05, 0.1) is 17.1 Å². The Kier molecular flexibility index (Phi) is 4.76. The molecule has 2 N–H and O–H groups in total. The molecular formula is C27H30N6O. The van der Waals surface area contributed by atoms with Crippen molar-refractivity contribution in [1.29, 1.82) is 0 Å². The smallest absolute Gasteiger partial charge is 0.166 e. The highest BCUT2D eigenvalue weighted by atomic mass is 16.5. The Morgan fingerprint density at radius 1 is 1.15 bits per heavy atom. The maximum atomic E-state index is 6.46. The number of rotatable bonds is 2. The molecule has 1 atom stereocenters. The number of nitrogens with zero attached hydrogens (tertiary/aromatic N) is 5. The summed E-state index contributed by atoms with van der Waals surface area (Å²) >= 11 is 0. The molecule has 0 unspecified atom stereocenters. The SMILES string of the molecule is Cc1ccc2c(c1)[C@@H](C)Oc1cc(cnc1N)-c1c(c(C)nn1CC1CC1)Cc1cn(C)nc1-2. The van der Waals surface area contributed by atoms with Gasteiger partial charge in [-0.1, -0.05) is 23.8 Å². The molecular weight excluding hydrogens is 424 g/mol. The molecule has 7 nitrogen and oxygen atoms in total. The van der Waals surface area contributed by atoms with Crippen molar-refractivity contribution in [1.82, 2.24) is 24.5 Å². The fraction of sp³-hybridized carbons (Fsp3) is 0.370. The van der Waals surface area contributed by atoms with Gasteiger partial charge < -0.3 is 10.5 Å². The van der Waals surface area contributed by atoms with Crippen molar-refractivity contribution < 1.29 is 4.74 Å². The third-order valence-electron chi connectivity index (χ3n) is 7.01. The summed E-state index contributed by atoms with van der Waals surface area (Å²) in [5.74, 6) is 1.69. The second-order valence-electron chi connectivity index (χ2n) is 9.85. The topological polar surface area (TPSA) is 83.8 Å². The molecule has 1 fully saturated rings. The van der Waals surface area contributed by atoms with Gasteiger partial charge >= 0.3 is 0 Å². The average molecular weight is 455 g/mol. The molecule has 2 aliphatic rings. The van der Waals surface area contributed by atoms with Crippen LogP contribution in [-0.4, -0.2) is 24.5 Å². The zero-order chi connectivity index (χ0) is 23.6. The van der Waals surface area contributed by atoms with E-state index in [9.17, 15) is 0 Å². The van der Waals surface area contributed by atoms with Crippen LogP contribution in [0.2, 0.25) is 0 Å². The van der Waals surface area contributed by atoms with Gasteiger partial charge in [-0.25, -0.2) is 4.98 Å². The molecule has 3 aromatic heterocycles. The number of anilines is 1. The summed E-state index contributed by atoms with van der Waals surface area (Å²) in [7, 11) is 1.98. The van der Waals surface area contributed by atoms with Crippen molar-refractivity contribution in [3.63, 3.8) is 0 Å². The molecule has 0 radical (unpaired) electrons. The maximum Gasteiger partial charge on any atom is 0.166 e. The normalized spacial score (nSPS) is 17.1. The number of nitrogens with two attached hydrogens (primary N) is 1. The van der Waals surface area contributed by atoms with Crippen molar-refractivity contribution in [2.45, 2.75) is 52.7 Å². The fourth-order valence-corrected chi connectivity index (χ4v) is 5.08. The summed E-state index contributed by atoms with van der Waals surface area (Å²) in [5.41, 5.74) is 16.1. The monoisotopic (exact) mass is 454 g/mol. The molecule has 4 heterocycles. The standard InChI is InChI=1S/C27H30N6O/c1-15-5-8-21-23(9-15)17(3)34-24-11-19(12-29-27(24)28)26-22(10-20-14-32(4)31-25(20)21)16(2)30-33(26)13-18-6-7-18/h5,8-9,11-12,14,17-18H,6-7,10,13H2,1-4H3,(H2,28,29)/t17-/m1/s1. The van der Waals surface area contributed by atoms with E-state index in [1.54, 1.807) is 0 Å². The highest BCUT2D eigenvalue weighted by Crippen LogP contribution is 2.40. The molecule has 1 aliphatic carbocycles. The van der Waals surface area contributed by atoms with E-state index < -0.39 is 0 Å². The van der Waals surface area contributed by atoms with Crippen molar-refractivity contribution in [3.8, 4) is 28.3 Å². The van der Waals surface area contributed by atoms with E-state index in [-0.39, 0.29) is 6.10 Å². The van der Waals surface area contributed by atoms with E-state index in [0.29, 0.717) is 17.5 Å². The third kappa shape index (κ3) is 3.56. The second-order valence-corrected chi connectivity index (χ2v) is 9.85. The molecule has 2 bridgehead atoms. The lowest BCUT2D eigenvalue weighted by atomic mass is 9.93. The summed E-state index contributed by atoms with van der Waals surface area (Å²) < 4.78 is 10.5. The van der Waals surface area contributed by atoms with Crippen LogP contribution in [0.15, 0.2) is 36.7 Å². The van der Waals surface area contributed by atoms with Gasteiger partial charge in [-0.2, -0.15) is 10.2 Å². The number of fused-ring (bicyclic) bond motifs is 7. The number of ether oxygens (including phenoxy) is 1. The summed E-state index contributed by atoms with van der Waals surface area (Å²) in [6.07, 6.45) is 7.04. The van der Waals surface area contributed by atoms with Crippen molar-refractivity contribution >= 4 is 5.82 Å². The van der Waals surface area contributed by atoms with E-state index >= 15 is 0 Å². The Hall–Kier alpha value is -3.61. The van der Waals surface area contributed by atoms with Crippen LogP contribution in [0.25, 0.3) is 22.5 Å². The lowest BCUT2D eigenvalue weighted by molar-refractivity contribution is 0.228. The lowest BCUT2D eigenvalue weighted by Crippen LogP contribution is -2.10. The first-order chi connectivity index (χ1) is 16.4. The van der Waals surface area contributed by atoms with Crippen LogP contribution < -0.4 is 10.5 Å². The third-order valence-corrected chi connectivity index (χ3v) is 7.01. The minimum atomic E-state index is -0.221.